The number of carbonyl (C=O) groups is 2. The average molecular weight is 412 g/mol. The van der Waals surface area contributed by atoms with Crippen molar-refractivity contribution < 1.29 is 27.1 Å². The molecule has 144 valence electrons. The number of benzene rings is 1. The Labute approximate surface area is 159 Å². The lowest BCUT2D eigenvalue weighted by molar-refractivity contribution is -0.125. The Bertz CT molecular complexity index is 971. The summed E-state index contributed by atoms with van der Waals surface area (Å²) in [4.78, 5) is 28.2. The molecule has 3 rings (SSSR count). The zero-order valence-electron chi connectivity index (χ0n) is 14.4. The van der Waals surface area contributed by atoms with Gasteiger partial charge in [0.2, 0.25) is 0 Å². The first-order valence-corrected chi connectivity index (χ1v) is 10.8. The Balaban J connectivity index is 1.55. The van der Waals surface area contributed by atoms with Crippen LogP contribution in [0.25, 0.3) is 10.6 Å². The molecule has 1 aliphatic rings. The van der Waals surface area contributed by atoms with E-state index in [4.69, 9.17) is 4.74 Å². The molecule has 2 heterocycles. The highest BCUT2D eigenvalue weighted by Crippen LogP contribution is 2.24. The maximum absolute atomic E-state index is 13.0. The third kappa shape index (κ3) is 4.89. The molecular formula is C17H17FN2O5S2. The van der Waals surface area contributed by atoms with E-state index in [2.05, 4.69) is 10.3 Å². The highest BCUT2D eigenvalue weighted by molar-refractivity contribution is 7.91. The van der Waals surface area contributed by atoms with Crippen LogP contribution in [0.3, 0.4) is 0 Å². The normalized spacial score (nSPS) is 21.0. The molecule has 1 amide bonds. The molecule has 7 nitrogen and oxygen atoms in total. The minimum Gasteiger partial charge on any atom is -0.451 e. The molecule has 1 saturated heterocycles. The van der Waals surface area contributed by atoms with Crippen molar-refractivity contribution >= 4 is 33.1 Å². The summed E-state index contributed by atoms with van der Waals surface area (Å²) in [5.41, 5.74) is -0.144. The van der Waals surface area contributed by atoms with Crippen LogP contribution in [0.2, 0.25) is 0 Å². The zero-order valence-corrected chi connectivity index (χ0v) is 16.0. The number of rotatable bonds is 5. The number of amides is 1. The quantitative estimate of drug-likeness (QED) is 0.752. The van der Waals surface area contributed by atoms with E-state index >= 15 is 0 Å². The molecule has 10 heteroatoms. The summed E-state index contributed by atoms with van der Waals surface area (Å²) in [6, 6.07) is 5.69. The largest absolute Gasteiger partial charge is 0.451 e. The number of nitrogens with zero attached hydrogens (tertiary/aromatic N) is 1. The number of nitrogens with one attached hydrogen (secondary N) is 1. The fourth-order valence-corrected chi connectivity index (χ4v) is 5.67. The topological polar surface area (TPSA) is 102 Å². The van der Waals surface area contributed by atoms with Gasteiger partial charge in [-0.1, -0.05) is 0 Å². The van der Waals surface area contributed by atoms with Crippen molar-refractivity contribution in [2.75, 3.05) is 18.1 Å². The Morgan fingerprint density at radius 1 is 1.33 bits per heavy atom. The van der Waals surface area contributed by atoms with E-state index in [1.807, 2.05) is 0 Å². The van der Waals surface area contributed by atoms with Crippen LogP contribution in [0.1, 0.15) is 23.8 Å². The molecule has 1 N–H and O–H groups in total. The Kier molecular flexibility index (Phi) is 5.29. The Hall–Kier alpha value is -2.33. The Morgan fingerprint density at radius 2 is 2.04 bits per heavy atom. The van der Waals surface area contributed by atoms with Gasteiger partial charge < -0.3 is 10.1 Å². The summed E-state index contributed by atoms with van der Waals surface area (Å²) >= 11 is 1.19. The van der Waals surface area contributed by atoms with Gasteiger partial charge in [0.15, 0.2) is 22.1 Å². The lowest BCUT2D eigenvalue weighted by atomic mass is 10.0. The van der Waals surface area contributed by atoms with Crippen LogP contribution < -0.4 is 5.32 Å². The molecule has 1 fully saturated rings. The fraction of sp³-hybridized carbons (Fsp3) is 0.353. The van der Waals surface area contributed by atoms with Gasteiger partial charge in [0.25, 0.3) is 5.91 Å². The molecule has 1 aliphatic heterocycles. The molecule has 2 aromatic rings. The summed E-state index contributed by atoms with van der Waals surface area (Å²) in [6.45, 7) is 1.12. The van der Waals surface area contributed by atoms with Crippen molar-refractivity contribution in [1.82, 2.24) is 10.3 Å². The first kappa shape index (κ1) is 19.4. The van der Waals surface area contributed by atoms with Crippen LogP contribution in [0, 0.1) is 5.82 Å². The van der Waals surface area contributed by atoms with Crippen molar-refractivity contribution in [3.8, 4) is 10.6 Å². The van der Waals surface area contributed by atoms with Crippen molar-refractivity contribution in [2.45, 2.75) is 18.9 Å². The van der Waals surface area contributed by atoms with Crippen molar-refractivity contribution in [3.63, 3.8) is 0 Å². The van der Waals surface area contributed by atoms with Gasteiger partial charge in [0, 0.05) is 10.9 Å². The van der Waals surface area contributed by atoms with E-state index in [-0.39, 0.29) is 23.0 Å². The standard InChI is InChI=1S/C17H17FN2O5S2/c1-17(6-7-27(23,24)10-17)20-14(21)8-25-16(22)13-9-26-15(19-13)11-2-4-12(18)5-3-11/h2-5,9H,6-8,10H2,1H3,(H,20,21)/t17-/m0/s1. The van der Waals surface area contributed by atoms with E-state index in [0.717, 1.165) is 0 Å². The Morgan fingerprint density at radius 3 is 2.67 bits per heavy atom. The number of ether oxygens (including phenoxy) is 1. The van der Waals surface area contributed by atoms with Crippen molar-refractivity contribution in [2.24, 2.45) is 0 Å². The third-order valence-electron chi connectivity index (χ3n) is 4.08. The minimum atomic E-state index is -3.15. The minimum absolute atomic E-state index is 0.0224. The van der Waals surface area contributed by atoms with Gasteiger partial charge >= 0.3 is 5.97 Å². The van der Waals surface area contributed by atoms with Crippen molar-refractivity contribution in [1.29, 1.82) is 0 Å². The summed E-state index contributed by atoms with van der Waals surface area (Å²) in [6.07, 6.45) is 0.322. The third-order valence-corrected chi connectivity index (χ3v) is 6.88. The second kappa shape index (κ2) is 7.35. The summed E-state index contributed by atoms with van der Waals surface area (Å²) < 4.78 is 41.0. The maximum Gasteiger partial charge on any atom is 0.358 e. The average Bonchev–Trinajstić information content (AvgIpc) is 3.18. The van der Waals surface area contributed by atoms with Gasteiger partial charge in [0.1, 0.15) is 10.8 Å². The number of hydrogen-bond acceptors (Lipinski definition) is 7. The second-order valence-corrected chi connectivity index (χ2v) is 9.61. The summed E-state index contributed by atoms with van der Waals surface area (Å²) in [5, 5.41) is 4.62. The van der Waals surface area contributed by atoms with Gasteiger partial charge in [-0.25, -0.2) is 22.6 Å². The second-order valence-electron chi connectivity index (χ2n) is 6.57. The molecule has 0 bridgehead atoms. The number of halogens is 1. The molecule has 0 aliphatic carbocycles. The summed E-state index contributed by atoms with van der Waals surface area (Å²) in [5.74, 6) is -1.82. The lowest BCUT2D eigenvalue weighted by Crippen LogP contribution is -2.48. The zero-order chi connectivity index (χ0) is 19.7. The molecule has 27 heavy (non-hydrogen) atoms. The lowest BCUT2D eigenvalue weighted by Gasteiger charge is -2.23. The smallest absolute Gasteiger partial charge is 0.358 e. The highest BCUT2D eigenvalue weighted by Gasteiger charge is 2.39. The van der Waals surface area contributed by atoms with Crippen molar-refractivity contribution in [3.05, 3.63) is 41.2 Å². The van der Waals surface area contributed by atoms with Crippen LogP contribution in [0.5, 0.6) is 0 Å². The molecule has 1 aromatic carbocycles. The number of aromatic nitrogens is 1. The first-order valence-electron chi connectivity index (χ1n) is 8.06. The molecule has 0 unspecified atom stereocenters. The van der Waals surface area contributed by atoms with Gasteiger partial charge in [-0.2, -0.15) is 0 Å². The van der Waals surface area contributed by atoms with Crippen LogP contribution in [-0.2, 0) is 19.4 Å². The molecule has 0 radical (unpaired) electrons. The first-order chi connectivity index (χ1) is 12.7. The predicted octanol–water partition coefficient (Wildman–Crippen LogP) is 1.80. The van der Waals surface area contributed by atoms with Gasteiger partial charge in [-0.15, -0.1) is 11.3 Å². The molecule has 0 saturated carbocycles. The van der Waals surface area contributed by atoms with E-state index in [0.29, 0.717) is 17.0 Å². The van der Waals surface area contributed by atoms with Gasteiger partial charge in [-0.3, -0.25) is 4.79 Å². The van der Waals surface area contributed by atoms with Crippen LogP contribution in [0.15, 0.2) is 29.6 Å². The molecule has 1 aromatic heterocycles. The van der Waals surface area contributed by atoms with E-state index in [1.165, 1.54) is 28.8 Å². The monoisotopic (exact) mass is 412 g/mol. The fourth-order valence-electron chi connectivity index (χ4n) is 2.78. The highest BCUT2D eigenvalue weighted by atomic mass is 32.2. The van der Waals surface area contributed by atoms with Gasteiger partial charge in [-0.05, 0) is 37.6 Å². The molecule has 0 spiro atoms. The van der Waals surface area contributed by atoms with E-state index in [9.17, 15) is 22.4 Å². The maximum atomic E-state index is 13.0. The number of hydrogen-bond donors (Lipinski definition) is 1. The molecule has 1 atom stereocenters. The number of thiazole rings is 1. The van der Waals surface area contributed by atoms with Crippen LogP contribution >= 0.6 is 11.3 Å². The SMILES string of the molecule is C[C@]1(NC(=O)COC(=O)c2csc(-c3ccc(F)cc3)n2)CCS(=O)(=O)C1. The number of esters is 1. The summed E-state index contributed by atoms with van der Waals surface area (Å²) in [7, 11) is -3.15. The van der Waals surface area contributed by atoms with Crippen LogP contribution in [-0.4, -0.2) is 48.9 Å². The number of carbonyl (C=O) groups excluding carboxylic acids is 2. The number of sulfone groups is 1. The van der Waals surface area contributed by atoms with E-state index < -0.39 is 33.9 Å². The molecular weight excluding hydrogens is 395 g/mol. The van der Waals surface area contributed by atoms with Gasteiger partial charge in [0.05, 0.1) is 17.0 Å². The van der Waals surface area contributed by atoms with E-state index in [1.54, 1.807) is 19.1 Å². The predicted molar refractivity (Wildman–Crippen MR) is 97.6 cm³/mol. The van der Waals surface area contributed by atoms with Crippen LogP contribution in [0.4, 0.5) is 4.39 Å².